The zero-order chi connectivity index (χ0) is 12.7. The number of hydrogen-bond donors (Lipinski definition) is 1. The van der Waals surface area contributed by atoms with Gasteiger partial charge >= 0.3 is 6.18 Å². The van der Waals surface area contributed by atoms with Gasteiger partial charge in [0.15, 0.2) is 0 Å². The molecule has 0 aliphatic carbocycles. The summed E-state index contributed by atoms with van der Waals surface area (Å²) in [4.78, 5) is 0. The molecule has 2 rings (SSSR count). The van der Waals surface area contributed by atoms with Gasteiger partial charge in [-0.3, -0.25) is 0 Å². The van der Waals surface area contributed by atoms with E-state index in [9.17, 15) is 22.0 Å². The van der Waals surface area contributed by atoms with Crippen molar-refractivity contribution in [1.82, 2.24) is 5.32 Å². The van der Waals surface area contributed by atoms with Crippen molar-refractivity contribution in [2.24, 2.45) is 0 Å². The second-order valence-corrected chi connectivity index (χ2v) is 4.16. The molecule has 1 aromatic carbocycles. The maximum Gasteiger partial charge on any atom is 0.399 e. The second kappa shape index (κ2) is 3.94. The van der Waals surface area contributed by atoms with Gasteiger partial charge in [0, 0.05) is 12.6 Å². The first kappa shape index (κ1) is 12.3. The monoisotopic (exact) mass is 251 g/mol. The van der Waals surface area contributed by atoms with Crippen molar-refractivity contribution in [2.45, 2.75) is 18.0 Å². The number of rotatable bonds is 1. The molecular formula is C11H10F5N. The summed E-state index contributed by atoms with van der Waals surface area (Å²) in [5.74, 6) is -1.98. The van der Waals surface area contributed by atoms with E-state index in [0.29, 0.717) is 6.07 Å². The molecule has 1 heterocycles. The molecule has 1 fully saturated rings. The minimum atomic E-state index is -4.53. The molecule has 0 amide bonds. The number of halogens is 5. The average molecular weight is 251 g/mol. The Hall–Kier alpha value is -1.17. The van der Waals surface area contributed by atoms with E-state index in [4.69, 9.17) is 0 Å². The Labute approximate surface area is 94.6 Å². The van der Waals surface area contributed by atoms with Gasteiger partial charge < -0.3 is 5.32 Å². The molecule has 0 radical (unpaired) electrons. The minimum Gasteiger partial charge on any atom is -0.315 e. The van der Waals surface area contributed by atoms with Crippen LogP contribution in [-0.4, -0.2) is 19.3 Å². The van der Waals surface area contributed by atoms with Gasteiger partial charge in [0.05, 0.1) is 0 Å². The number of benzene rings is 1. The molecular weight excluding hydrogens is 241 g/mol. The Morgan fingerprint density at radius 3 is 2.06 bits per heavy atom. The van der Waals surface area contributed by atoms with Crippen molar-refractivity contribution < 1.29 is 22.0 Å². The zero-order valence-corrected chi connectivity index (χ0v) is 8.74. The van der Waals surface area contributed by atoms with Crippen LogP contribution in [0.5, 0.6) is 0 Å². The highest BCUT2D eigenvalue weighted by Gasteiger charge is 2.57. The summed E-state index contributed by atoms with van der Waals surface area (Å²) in [6, 6.07) is 2.07. The molecule has 0 aromatic heterocycles. The molecule has 0 spiro atoms. The van der Waals surface area contributed by atoms with Crippen LogP contribution in [0.4, 0.5) is 22.0 Å². The van der Waals surface area contributed by atoms with Gasteiger partial charge in [-0.1, -0.05) is 0 Å². The van der Waals surface area contributed by atoms with Gasteiger partial charge in [0.1, 0.15) is 17.0 Å². The minimum absolute atomic E-state index is 0.178. The molecule has 1 saturated heterocycles. The fourth-order valence-corrected chi connectivity index (χ4v) is 2.17. The lowest BCUT2D eigenvalue weighted by Gasteiger charge is -2.31. The predicted molar refractivity (Wildman–Crippen MR) is 51.6 cm³/mol. The van der Waals surface area contributed by atoms with Crippen LogP contribution in [0.25, 0.3) is 0 Å². The fourth-order valence-electron chi connectivity index (χ4n) is 2.17. The van der Waals surface area contributed by atoms with Crippen molar-refractivity contribution in [3.05, 3.63) is 35.4 Å². The summed E-state index contributed by atoms with van der Waals surface area (Å²) < 4.78 is 65.3. The molecule has 94 valence electrons. The summed E-state index contributed by atoms with van der Waals surface area (Å²) in [5, 5.41) is 2.59. The largest absolute Gasteiger partial charge is 0.399 e. The molecule has 17 heavy (non-hydrogen) atoms. The molecule has 1 atom stereocenters. The van der Waals surface area contributed by atoms with Crippen molar-refractivity contribution in [1.29, 1.82) is 0 Å². The van der Waals surface area contributed by atoms with E-state index in [0.717, 1.165) is 12.1 Å². The summed E-state index contributed by atoms with van der Waals surface area (Å²) in [5.41, 5.74) is -2.54. The molecule has 1 aliphatic rings. The highest BCUT2D eigenvalue weighted by molar-refractivity contribution is 5.31. The smallest absolute Gasteiger partial charge is 0.315 e. The normalized spacial score (nSPS) is 25.2. The lowest BCUT2D eigenvalue weighted by Crippen LogP contribution is -2.44. The van der Waals surface area contributed by atoms with Crippen LogP contribution >= 0.6 is 0 Å². The van der Waals surface area contributed by atoms with E-state index in [-0.39, 0.29) is 25.1 Å². The maximum absolute atomic E-state index is 13.1. The lowest BCUT2D eigenvalue weighted by molar-refractivity contribution is -0.185. The van der Waals surface area contributed by atoms with Crippen LogP contribution in [0.3, 0.4) is 0 Å². The molecule has 1 aromatic rings. The predicted octanol–water partition coefficient (Wildman–Crippen LogP) is 2.76. The van der Waals surface area contributed by atoms with Gasteiger partial charge in [-0.25, -0.2) is 8.78 Å². The van der Waals surface area contributed by atoms with E-state index < -0.39 is 23.2 Å². The lowest BCUT2D eigenvalue weighted by atomic mass is 9.79. The Morgan fingerprint density at radius 2 is 1.65 bits per heavy atom. The third-order valence-electron chi connectivity index (χ3n) is 3.11. The van der Waals surface area contributed by atoms with Crippen LogP contribution in [0.15, 0.2) is 18.2 Å². The number of alkyl halides is 3. The quantitative estimate of drug-likeness (QED) is 0.757. The maximum atomic E-state index is 13.1. The number of nitrogens with one attached hydrogen (secondary N) is 1. The van der Waals surface area contributed by atoms with Crippen molar-refractivity contribution in [3.63, 3.8) is 0 Å². The molecule has 0 saturated carbocycles. The van der Waals surface area contributed by atoms with Crippen LogP contribution in [0.2, 0.25) is 0 Å². The van der Waals surface area contributed by atoms with Crippen molar-refractivity contribution in [3.8, 4) is 0 Å². The van der Waals surface area contributed by atoms with E-state index in [1.165, 1.54) is 0 Å². The van der Waals surface area contributed by atoms with Gasteiger partial charge in [-0.15, -0.1) is 0 Å². The molecule has 1 aliphatic heterocycles. The van der Waals surface area contributed by atoms with Crippen molar-refractivity contribution in [2.75, 3.05) is 13.1 Å². The van der Waals surface area contributed by atoms with Crippen LogP contribution in [0.1, 0.15) is 12.0 Å². The van der Waals surface area contributed by atoms with Crippen LogP contribution < -0.4 is 5.32 Å². The van der Waals surface area contributed by atoms with Gasteiger partial charge in [-0.05, 0) is 30.7 Å². The third kappa shape index (κ3) is 2.01. The van der Waals surface area contributed by atoms with E-state index in [1.807, 2.05) is 0 Å². The molecule has 1 N–H and O–H groups in total. The number of hydrogen-bond acceptors (Lipinski definition) is 1. The first-order valence-electron chi connectivity index (χ1n) is 5.09. The van der Waals surface area contributed by atoms with E-state index >= 15 is 0 Å². The first-order chi connectivity index (χ1) is 7.85. The summed E-state index contributed by atoms with van der Waals surface area (Å²) in [6.07, 6.45) is -4.74. The molecule has 6 heteroatoms. The van der Waals surface area contributed by atoms with Crippen LogP contribution in [0, 0.1) is 11.6 Å². The summed E-state index contributed by atoms with van der Waals surface area (Å²) >= 11 is 0. The van der Waals surface area contributed by atoms with E-state index in [1.54, 1.807) is 0 Å². The standard InChI is InChI=1S/C11H10F5N/c12-8-3-7(4-9(13)5-8)10(11(14,15)16)1-2-17-6-10/h3-5,17H,1-2,6H2/t10-/m1/s1. The molecule has 0 unspecified atom stereocenters. The second-order valence-electron chi connectivity index (χ2n) is 4.16. The van der Waals surface area contributed by atoms with Crippen LogP contribution in [-0.2, 0) is 5.41 Å². The Bertz CT molecular complexity index is 400. The molecule has 0 bridgehead atoms. The van der Waals surface area contributed by atoms with E-state index in [2.05, 4.69) is 5.32 Å². The SMILES string of the molecule is Fc1cc(F)cc([C@@]2(C(F)(F)F)CCNC2)c1. The Balaban J connectivity index is 2.53. The fraction of sp³-hybridized carbons (Fsp3) is 0.455. The van der Waals surface area contributed by atoms with Crippen molar-refractivity contribution >= 4 is 0 Å². The average Bonchev–Trinajstić information content (AvgIpc) is 2.64. The van der Waals surface area contributed by atoms with Gasteiger partial charge in [0.2, 0.25) is 0 Å². The van der Waals surface area contributed by atoms with Gasteiger partial charge in [-0.2, -0.15) is 13.2 Å². The topological polar surface area (TPSA) is 12.0 Å². The Kier molecular flexibility index (Phi) is 2.85. The highest BCUT2D eigenvalue weighted by atomic mass is 19.4. The zero-order valence-electron chi connectivity index (χ0n) is 8.74. The third-order valence-corrected chi connectivity index (χ3v) is 3.11. The molecule has 1 nitrogen and oxygen atoms in total. The highest BCUT2D eigenvalue weighted by Crippen LogP contribution is 2.45. The first-order valence-corrected chi connectivity index (χ1v) is 5.09. The summed E-state index contributed by atoms with van der Waals surface area (Å²) in [6.45, 7) is -0.170. The Morgan fingerprint density at radius 1 is 1.06 bits per heavy atom. The van der Waals surface area contributed by atoms with Gasteiger partial charge in [0.25, 0.3) is 0 Å². The summed E-state index contributed by atoms with van der Waals surface area (Å²) in [7, 11) is 0.